The first-order chi connectivity index (χ1) is 14.1. The van der Waals surface area contributed by atoms with Crippen molar-refractivity contribution in [2.45, 2.75) is 30.6 Å². The first-order valence-electron chi connectivity index (χ1n) is 9.77. The van der Waals surface area contributed by atoms with Crippen LogP contribution in [0.15, 0.2) is 78.0 Å². The maximum atomic E-state index is 12.9. The number of sulfonamides is 1. The van der Waals surface area contributed by atoms with E-state index in [1.165, 1.54) is 12.0 Å². The van der Waals surface area contributed by atoms with Crippen LogP contribution in [-0.2, 0) is 22.9 Å². The second-order valence-corrected chi connectivity index (χ2v) is 9.10. The molecule has 0 bridgehead atoms. The molecule has 0 spiro atoms. The molecule has 0 saturated carbocycles. The fourth-order valence-electron chi connectivity index (χ4n) is 3.91. The maximum absolute atomic E-state index is 12.9. The predicted octanol–water partition coefficient (Wildman–Crippen LogP) is 4.68. The Hall–Kier alpha value is -3.12. The van der Waals surface area contributed by atoms with Crippen LogP contribution in [0.1, 0.15) is 24.0 Å². The molecule has 0 unspecified atom stereocenters. The van der Waals surface area contributed by atoms with Crippen LogP contribution in [0.25, 0.3) is 16.9 Å². The van der Waals surface area contributed by atoms with Crippen LogP contribution < -0.4 is 4.72 Å². The van der Waals surface area contributed by atoms with E-state index in [2.05, 4.69) is 9.71 Å². The van der Waals surface area contributed by atoms with Crippen LogP contribution in [0.5, 0.6) is 0 Å². The first kappa shape index (κ1) is 17.9. The van der Waals surface area contributed by atoms with Gasteiger partial charge in [0.25, 0.3) is 10.0 Å². The molecule has 2 aromatic carbocycles. The van der Waals surface area contributed by atoms with Gasteiger partial charge in [-0.15, -0.1) is 0 Å². The quantitative estimate of drug-likeness (QED) is 0.538. The second kappa shape index (κ2) is 7.04. The molecule has 0 aliphatic heterocycles. The monoisotopic (exact) mass is 403 g/mol. The number of benzene rings is 2. The molecule has 2 heterocycles. The van der Waals surface area contributed by atoms with Gasteiger partial charge in [-0.25, -0.2) is 13.4 Å². The number of imidazole rings is 1. The SMILES string of the molecule is O=S(=O)(Nc1cccc(-c2cn3ccccc3n2)c1)c1ccc2c(c1)CCCC2. The van der Waals surface area contributed by atoms with Gasteiger partial charge in [0.15, 0.2) is 0 Å². The van der Waals surface area contributed by atoms with E-state index in [-0.39, 0.29) is 0 Å². The van der Waals surface area contributed by atoms with Gasteiger partial charge < -0.3 is 4.40 Å². The zero-order chi connectivity index (χ0) is 19.8. The molecular formula is C23H21N3O2S. The lowest BCUT2D eigenvalue weighted by Crippen LogP contribution is -2.14. The van der Waals surface area contributed by atoms with Crippen LogP contribution >= 0.6 is 0 Å². The molecule has 29 heavy (non-hydrogen) atoms. The van der Waals surface area contributed by atoms with E-state index in [1.54, 1.807) is 12.1 Å². The Morgan fingerprint density at radius 1 is 0.897 bits per heavy atom. The molecule has 1 aliphatic carbocycles. The topological polar surface area (TPSA) is 63.5 Å². The number of anilines is 1. The second-order valence-electron chi connectivity index (χ2n) is 7.42. The minimum Gasteiger partial charge on any atom is -0.306 e. The highest BCUT2D eigenvalue weighted by Crippen LogP contribution is 2.27. The molecule has 0 fully saturated rings. The Morgan fingerprint density at radius 2 is 1.76 bits per heavy atom. The summed E-state index contributed by atoms with van der Waals surface area (Å²) in [5.41, 5.74) is 5.45. The molecular weight excluding hydrogens is 382 g/mol. The van der Waals surface area contributed by atoms with Crippen LogP contribution in [0.4, 0.5) is 5.69 Å². The Kier molecular flexibility index (Phi) is 4.36. The van der Waals surface area contributed by atoms with Gasteiger partial charge in [-0.1, -0.05) is 24.3 Å². The maximum Gasteiger partial charge on any atom is 0.261 e. The van der Waals surface area contributed by atoms with E-state index < -0.39 is 10.0 Å². The van der Waals surface area contributed by atoms with Crippen molar-refractivity contribution in [3.63, 3.8) is 0 Å². The highest BCUT2D eigenvalue weighted by Gasteiger charge is 2.18. The van der Waals surface area contributed by atoms with Gasteiger partial charge >= 0.3 is 0 Å². The molecule has 2 aromatic heterocycles. The molecule has 0 amide bonds. The molecule has 0 atom stereocenters. The van der Waals surface area contributed by atoms with Crippen LogP contribution in [0, 0.1) is 0 Å². The van der Waals surface area contributed by atoms with Crippen LogP contribution in [0.3, 0.4) is 0 Å². The number of aryl methyl sites for hydroxylation is 2. The van der Waals surface area contributed by atoms with Crippen LogP contribution in [0.2, 0.25) is 0 Å². The van der Waals surface area contributed by atoms with E-state index in [0.717, 1.165) is 41.7 Å². The number of fused-ring (bicyclic) bond motifs is 2. The third-order valence-corrected chi connectivity index (χ3v) is 6.78. The largest absolute Gasteiger partial charge is 0.306 e. The van der Waals surface area contributed by atoms with E-state index in [0.29, 0.717) is 10.6 Å². The van der Waals surface area contributed by atoms with Crippen molar-refractivity contribution in [3.8, 4) is 11.3 Å². The third-order valence-electron chi connectivity index (χ3n) is 5.40. The standard InChI is InChI=1S/C23H21N3O2S/c27-29(28,21-12-11-17-6-1-2-7-18(17)15-21)25-20-9-5-8-19(14-20)22-16-26-13-4-3-10-23(26)24-22/h3-5,8-16,25H,1-2,6-7H2. The third kappa shape index (κ3) is 3.51. The summed E-state index contributed by atoms with van der Waals surface area (Å²) in [4.78, 5) is 4.93. The summed E-state index contributed by atoms with van der Waals surface area (Å²) in [7, 11) is -3.65. The highest BCUT2D eigenvalue weighted by molar-refractivity contribution is 7.92. The minimum atomic E-state index is -3.65. The van der Waals surface area contributed by atoms with Crippen molar-refractivity contribution in [1.82, 2.24) is 9.38 Å². The number of hydrogen-bond acceptors (Lipinski definition) is 3. The van der Waals surface area contributed by atoms with Crippen LogP contribution in [-0.4, -0.2) is 17.8 Å². The van der Waals surface area contributed by atoms with Crippen molar-refractivity contribution in [3.05, 3.63) is 84.2 Å². The van der Waals surface area contributed by atoms with Gasteiger partial charge in [-0.2, -0.15) is 0 Å². The Bertz CT molecular complexity index is 1280. The Balaban J connectivity index is 1.45. The fourth-order valence-corrected chi connectivity index (χ4v) is 5.01. The molecule has 0 saturated heterocycles. The van der Waals surface area contributed by atoms with E-state index >= 15 is 0 Å². The molecule has 6 heteroatoms. The average Bonchev–Trinajstić information content (AvgIpc) is 3.18. The molecule has 5 nitrogen and oxygen atoms in total. The molecule has 4 aromatic rings. The fraction of sp³-hybridized carbons (Fsp3) is 0.174. The lowest BCUT2D eigenvalue weighted by atomic mass is 9.92. The summed E-state index contributed by atoms with van der Waals surface area (Å²) in [6.07, 6.45) is 8.14. The minimum absolute atomic E-state index is 0.316. The number of hydrogen-bond donors (Lipinski definition) is 1. The summed E-state index contributed by atoms with van der Waals surface area (Å²) in [5.74, 6) is 0. The van der Waals surface area contributed by atoms with Gasteiger partial charge in [0, 0.05) is 23.6 Å². The van der Waals surface area contributed by atoms with Gasteiger partial charge in [0.05, 0.1) is 10.6 Å². The van der Waals surface area contributed by atoms with Gasteiger partial charge in [0.1, 0.15) is 5.65 Å². The number of pyridine rings is 1. The van der Waals surface area contributed by atoms with E-state index in [4.69, 9.17) is 0 Å². The number of rotatable bonds is 4. The summed E-state index contributed by atoms with van der Waals surface area (Å²) < 4.78 is 30.6. The Labute approximate surface area is 170 Å². The summed E-state index contributed by atoms with van der Waals surface area (Å²) in [6, 6.07) is 18.6. The van der Waals surface area contributed by atoms with Gasteiger partial charge in [0.2, 0.25) is 0 Å². The predicted molar refractivity (Wildman–Crippen MR) is 115 cm³/mol. The smallest absolute Gasteiger partial charge is 0.261 e. The first-order valence-corrected chi connectivity index (χ1v) is 11.3. The lowest BCUT2D eigenvalue weighted by Gasteiger charge is -2.17. The van der Waals surface area contributed by atoms with Gasteiger partial charge in [-0.3, -0.25) is 4.72 Å². The van der Waals surface area contributed by atoms with Crippen molar-refractivity contribution < 1.29 is 8.42 Å². The Morgan fingerprint density at radius 3 is 2.62 bits per heavy atom. The zero-order valence-electron chi connectivity index (χ0n) is 15.9. The molecule has 5 rings (SSSR count). The molecule has 146 valence electrons. The van der Waals surface area contributed by atoms with Crippen molar-refractivity contribution in [1.29, 1.82) is 0 Å². The highest BCUT2D eigenvalue weighted by atomic mass is 32.2. The number of nitrogens with zero attached hydrogens (tertiary/aromatic N) is 2. The van der Waals surface area contributed by atoms with Crippen molar-refractivity contribution in [2.75, 3.05) is 4.72 Å². The summed E-state index contributed by atoms with van der Waals surface area (Å²) in [6.45, 7) is 0. The normalized spacial score (nSPS) is 13.9. The summed E-state index contributed by atoms with van der Waals surface area (Å²) >= 11 is 0. The summed E-state index contributed by atoms with van der Waals surface area (Å²) in [5, 5.41) is 0. The number of nitrogens with one attached hydrogen (secondary N) is 1. The molecule has 1 N–H and O–H groups in total. The number of aromatic nitrogens is 2. The lowest BCUT2D eigenvalue weighted by molar-refractivity contribution is 0.600. The molecule has 1 aliphatic rings. The average molecular weight is 404 g/mol. The molecule has 0 radical (unpaired) electrons. The van der Waals surface area contributed by atoms with Gasteiger partial charge in [-0.05, 0) is 73.2 Å². The van der Waals surface area contributed by atoms with E-state index in [1.807, 2.05) is 65.3 Å². The van der Waals surface area contributed by atoms with Crippen molar-refractivity contribution in [2.24, 2.45) is 0 Å². The van der Waals surface area contributed by atoms with Crippen molar-refractivity contribution >= 4 is 21.4 Å². The van der Waals surface area contributed by atoms with E-state index in [9.17, 15) is 8.42 Å². The zero-order valence-corrected chi connectivity index (χ0v) is 16.7.